The Morgan fingerprint density at radius 3 is 2.03 bits per heavy atom. The van der Waals surface area contributed by atoms with Crippen LogP contribution in [0.25, 0.3) is 0 Å². The third-order valence-corrected chi connectivity index (χ3v) is 11.4. The average Bonchev–Trinajstić information content (AvgIpc) is 3.67. The second kappa shape index (κ2) is 9.36. The molecule has 4 nitrogen and oxygen atoms in total. The van der Waals surface area contributed by atoms with Gasteiger partial charge in [-0.1, -0.05) is 48.5 Å². The second-order valence-corrected chi connectivity index (χ2v) is 14.7. The molecular formula is C30H54N2O2. The van der Waals surface area contributed by atoms with E-state index in [9.17, 15) is 4.79 Å². The minimum Gasteiger partial charge on any atom is -0.466 e. The first kappa shape index (κ1) is 26.5. The van der Waals surface area contributed by atoms with Crippen LogP contribution in [0.1, 0.15) is 100 Å². The summed E-state index contributed by atoms with van der Waals surface area (Å²) in [6.07, 6.45) is 9.14. The SMILES string of the molecule is CCOC(=O)C1CC1CN1CCC(C)(C(C)(C)CC2CC2N2CCC(C)(C(C)(C)C)CC2)CC1. The molecule has 2 saturated carbocycles. The molecule has 0 spiro atoms. The Kier molecular flexibility index (Phi) is 7.28. The van der Waals surface area contributed by atoms with Crippen molar-refractivity contribution in [3.63, 3.8) is 0 Å². The minimum atomic E-state index is 0.0335. The highest BCUT2D eigenvalue weighted by molar-refractivity contribution is 5.75. The molecule has 2 saturated heterocycles. The van der Waals surface area contributed by atoms with E-state index in [4.69, 9.17) is 4.74 Å². The molecule has 2 heterocycles. The Bertz CT molecular complexity index is 723. The highest BCUT2D eigenvalue weighted by Crippen LogP contribution is 2.56. The Labute approximate surface area is 210 Å². The molecule has 0 radical (unpaired) electrons. The lowest BCUT2D eigenvalue weighted by atomic mass is 9.59. The largest absolute Gasteiger partial charge is 0.466 e. The standard InChI is InChI=1S/C30H54N2O2/c1-9-34-26(33)24-18-23(24)21-31-14-10-30(8,11-15-31)28(5,6)20-22-19-25(22)32-16-12-29(7,13-17-32)27(2,3)4/h22-25H,9-21H2,1-8H3. The van der Waals surface area contributed by atoms with Gasteiger partial charge in [0.15, 0.2) is 0 Å². The highest BCUT2D eigenvalue weighted by atomic mass is 16.5. The van der Waals surface area contributed by atoms with Gasteiger partial charge >= 0.3 is 5.97 Å². The van der Waals surface area contributed by atoms with Crippen molar-refractivity contribution in [3.8, 4) is 0 Å². The summed E-state index contributed by atoms with van der Waals surface area (Å²) in [5, 5.41) is 0. The molecule has 0 aromatic carbocycles. The summed E-state index contributed by atoms with van der Waals surface area (Å²) in [6, 6.07) is 0.849. The quantitative estimate of drug-likeness (QED) is 0.390. The normalized spacial score (nSPS) is 34.0. The van der Waals surface area contributed by atoms with Gasteiger partial charge in [0.25, 0.3) is 0 Å². The number of carbonyl (C=O) groups excluding carboxylic acids is 1. The third kappa shape index (κ3) is 5.38. The zero-order chi connectivity index (χ0) is 24.9. The zero-order valence-corrected chi connectivity index (χ0v) is 23.7. The van der Waals surface area contributed by atoms with Crippen molar-refractivity contribution in [2.75, 3.05) is 39.3 Å². The van der Waals surface area contributed by atoms with E-state index >= 15 is 0 Å². The van der Waals surface area contributed by atoms with Gasteiger partial charge < -0.3 is 14.5 Å². The van der Waals surface area contributed by atoms with Gasteiger partial charge in [-0.05, 0) is 112 Å². The molecule has 0 N–H and O–H groups in total. The zero-order valence-electron chi connectivity index (χ0n) is 23.7. The Morgan fingerprint density at radius 1 is 0.882 bits per heavy atom. The molecule has 4 atom stereocenters. The van der Waals surface area contributed by atoms with Crippen LogP contribution in [-0.4, -0.2) is 61.1 Å². The van der Waals surface area contributed by atoms with E-state index in [1.54, 1.807) is 0 Å². The molecule has 34 heavy (non-hydrogen) atoms. The van der Waals surface area contributed by atoms with Crippen LogP contribution in [0.3, 0.4) is 0 Å². The van der Waals surface area contributed by atoms with Gasteiger partial charge in [-0.2, -0.15) is 0 Å². The molecule has 2 aliphatic heterocycles. The first-order chi connectivity index (χ1) is 15.8. The van der Waals surface area contributed by atoms with Crippen molar-refractivity contribution in [2.45, 2.75) is 106 Å². The molecule has 4 rings (SSSR count). The number of ether oxygens (including phenoxy) is 1. The Hall–Kier alpha value is -0.610. The molecule has 196 valence electrons. The molecule has 4 heteroatoms. The van der Waals surface area contributed by atoms with E-state index in [0.29, 0.717) is 34.2 Å². The number of esters is 1. The monoisotopic (exact) mass is 474 g/mol. The van der Waals surface area contributed by atoms with E-state index in [2.05, 4.69) is 58.3 Å². The van der Waals surface area contributed by atoms with Gasteiger partial charge in [0.05, 0.1) is 12.5 Å². The van der Waals surface area contributed by atoms with E-state index in [1.165, 1.54) is 64.7 Å². The van der Waals surface area contributed by atoms with Crippen molar-refractivity contribution in [2.24, 2.45) is 39.4 Å². The van der Waals surface area contributed by atoms with Crippen LogP contribution >= 0.6 is 0 Å². The average molecular weight is 475 g/mol. The van der Waals surface area contributed by atoms with Gasteiger partial charge in [0.2, 0.25) is 0 Å². The van der Waals surface area contributed by atoms with Crippen LogP contribution in [0, 0.1) is 39.4 Å². The lowest BCUT2D eigenvalue weighted by Gasteiger charge is -2.50. The van der Waals surface area contributed by atoms with Crippen molar-refractivity contribution in [1.82, 2.24) is 9.80 Å². The maximum atomic E-state index is 12.0. The molecule has 4 fully saturated rings. The van der Waals surface area contributed by atoms with Crippen LogP contribution in [-0.2, 0) is 9.53 Å². The molecule has 0 aromatic rings. The van der Waals surface area contributed by atoms with Crippen molar-refractivity contribution in [3.05, 3.63) is 0 Å². The van der Waals surface area contributed by atoms with Gasteiger partial charge in [0, 0.05) is 12.6 Å². The Morgan fingerprint density at radius 2 is 1.47 bits per heavy atom. The highest BCUT2D eigenvalue weighted by Gasteiger charge is 2.52. The summed E-state index contributed by atoms with van der Waals surface area (Å²) in [7, 11) is 0. The topological polar surface area (TPSA) is 32.8 Å². The van der Waals surface area contributed by atoms with Gasteiger partial charge in [-0.15, -0.1) is 0 Å². The van der Waals surface area contributed by atoms with Crippen LogP contribution in [0.15, 0.2) is 0 Å². The van der Waals surface area contributed by atoms with E-state index < -0.39 is 0 Å². The number of piperidine rings is 2. The van der Waals surface area contributed by atoms with E-state index in [1.807, 2.05) is 6.92 Å². The summed E-state index contributed by atoms with van der Waals surface area (Å²) >= 11 is 0. The lowest BCUT2D eigenvalue weighted by molar-refractivity contribution is -0.145. The first-order valence-corrected chi connectivity index (χ1v) is 14.4. The third-order valence-electron chi connectivity index (χ3n) is 11.4. The van der Waals surface area contributed by atoms with Crippen LogP contribution < -0.4 is 0 Å². The summed E-state index contributed by atoms with van der Waals surface area (Å²) in [4.78, 5) is 17.4. The summed E-state index contributed by atoms with van der Waals surface area (Å²) in [5.41, 5.74) is 1.72. The number of likely N-dealkylation sites (tertiary alicyclic amines) is 2. The number of nitrogens with zero attached hydrogens (tertiary/aromatic N) is 2. The second-order valence-electron chi connectivity index (χ2n) is 14.7. The molecular weight excluding hydrogens is 420 g/mol. The number of carbonyl (C=O) groups is 1. The predicted molar refractivity (Wildman–Crippen MR) is 141 cm³/mol. The smallest absolute Gasteiger partial charge is 0.309 e. The lowest BCUT2D eigenvalue weighted by Crippen LogP contribution is -2.47. The van der Waals surface area contributed by atoms with Crippen molar-refractivity contribution in [1.29, 1.82) is 0 Å². The molecule has 0 aromatic heterocycles. The molecule has 2 aliphatic carbocycles. The van der Waals surface area contributed by atoms with Crippen LogP contribution in [0.4, 0.5) is 0 Å². The number of rotatable bonds is 8. The number of hydrogen-bond acceptors (Lipinski definition) is 4. The van der Waals surface area contributed by atoms with E-state index in [0.717, 1.165) is 24.9 Å². The fourth-order valence-corrected chi connectivity index (χ4v) is 7.12. The summed E-state index contributed by atoms with van der Waals surface area (Å²) < 4.78 is 5.22. The van der Waals surface area contributed by atoms with Crippen molar-refractivity contribution >= 4 is 5.97 Å². The molecule has 4 aliphatic rings. The fraction of sp³-hybridized carbons (Fsp3) is 0.967. The minimum absolute atomic E-state index is 0.0335. The van der Waals surface area contributed by atoms with Gasteiger partial charge in [-0.3, -0.25) is 4.79 Å². The van der Waals surface area contributed by atoms with Crippen LogP contribution in [0.2, 0.25) is 0 Å². The van der Waals surface area contributed by atoms with Crippen LogP contribution in [0.5, 0.6) is 0 Å². The summed E-state index contributed by atoms with van der Waals surface area (Å²) in [6.45, 7) is 26.0. The molecule has 0 bridgehead atoms. The first-order valence-electron chi connectivity index (χ1n) is 14.4. The molecule has 4 unspecified atom stereocenters. The predicted octanol–water partition coefficient (Wildman–Crippen LogP) is 6.24. The maximum Gasteiger partial charge on any atom is 0.309 e. The Balaban J connectivity index is 1.21. The number of hydrogen-bond donors (Lipinski definition) is 0. The van der Waals surface area contributed by atoms with E-state index in [-0.39, 0.29) is 11.9 Å². The molecule has 0 amide bonds. The van der Waals surface area contributed by atoms with Gasteiger partial charge in [-0.25, -0.2) is 0 Å². The van der Waals surface area contributed by atoms with Crippen molar-refractivity contribution < 1.29 is 9.53 Å². The van der Waals surface area contributed by atoms with Gasteiger partial charge in [0.1, 0.15) is 0 Å². The summed E-state index contributed by atoms with van der Waals surface area (Å²) in [5.74, 6) is 1.65. The maximum absolute atomic E-state index is 12.0. The fourth-order valence-electron chi connectivity index (χ4n) is 7.12.